The second kappa shape index (κ2) is 8.12. The summed E-state index contributed by atoms with van der Waals surface area (Å²) >= 11 is 3.31. The minimum Gasteiger partial charge on any atom is -0.479 e. The third-order valence-electron chi connectivity index (χ3n) is 2.43. The number of halogens is 1. The van der Waals surface area contributed by atoms with Crippen LogP contribution in [0.1, 0.15) is 12.5 Å². The summed E-state index contributed by atoms with van der Waals surface area (Å²) in [5.74, 6) is 1.27. The van der Waals surface area contributed by atoms with Crippen LogP contribution in [-0.4, -0.2) is 29.6 Å². The number of hydrogen-bond acceptors (Lipinski definition) is 3. The highest BCUT2D eigenvalue weighted by atomic mass is 79.9. The molecule has 0 fully saturated rings. The molecule has 1 unspecified atom stereocenters. The molecule has 1 aromatic rings. The van der Waals surface area contributed by atoms with Gasteiger partial charge in [-0.2, -0.15) is 0 Å². The molecule has 1 rings (SSSR count). The summed E-state index contributed by atoms with van der Waals surface area (Å²) in [6.45, 7) is 1.70. The van der Waals surface area contributed by atoms with E-state index in [1.165, 1.54) is 6.08 Å². The van der Waals surface area contributed by atoms with Crippen molar-refractivity contribution >= 4 is 33.9 Å². The number of carbonyl (C=O) groups excluding carboxylic acids is 1. The summed E-state index contributed by atoms with van der Waals surface area (Å²) in [6.07, 6.45) is 6.69. The van der Waals surface area contributed by atoms with Crippen LogP contribution in [0.5, 0.6) is 5.75 Å². The lowest BCUT2D eigenvalue weighted by molar-refractivity contribution is -0.131. The number of ether oxygens (including phenoxy) is 1. The molecule has 1 amide bonds. The van der Waals surface area contributed by atoms with E-state index in [-0.39, 0.29) is 12.5 Å². The van der Waals surface area contributed by atoms with E-state index in [1.54, 1.807) is 25.1 Å². The zero-order valence-corrected chi connectivity index (χ0v) is 12.9. The fourth-order valence-corrected chi connectivity index (χ4v) is 1.93. The number of nitrogens with one attached hydrogen (secondary N) is 1. The molecule has 0 radical (unpaired) electrons. The minimum absolute atomic E-state index is 0.119. The molecule has 110 valence electrons. The molecule has 0 aliphatic heterocycles. The van der Waals surface area contributed by atoms with E-state index in [2.05, 4.69) is 27.2 Å². The molecule has 6 heteroatoms. The predicted octanol–water partition coefficient (Wildman–Crippen LogP) is 2.06. The third kappa shape index (κ3) is 5.32. The normalized spacial score (nSPS) is 11.7. The monoisotopic (exact) mass is 351 g/mol. The van der Waals surface area contributed by atoms with Gasteiger partial charge in [0.05, 0.1) is 11.0 Å². The lowest BCUT2D eigenvalue weighted by Crippen LogP contribution is -2.36. The SMILES string of the molecule is C#CCNC(=O)C(C)Oc1c(Br)cccc1C=CC(=O)O. The quantitative estimate of drug-likeness (QED) is 0.607. The molecule has 0 saturated heterocycles. The maximum atomic E-state index is 11.7. The van der Waals surface area contributed by atoms with E-state index in [0.717, 1.165) is 6.08 Å². The fourth-order valence-electron chi connectivity index (χ4n) is 1.45. The molecule has 0 spiro atoms. The molecular weight excluding hydrogens is 338 g/mol. The summed E-state index contributed by atoms with van der Waals surface area (Å²) in [5, 5.41) is 11.2. The summed E-state index contributed by atoms with van der Waals surface area (Å²) < 4.78 is 6.21. The number of aliphatic carboxylic acids is 1. The van der Waals surface area contributed by atoms with Gasteiger partial charge in [-0.3, -0.25) is 4.79 Å². The Bertz CT molecular complexity index is 604. The highest BCUT2D eigenvalue weighted by molar-refractivity contribution is 9.10. The molecule has 0 bridgehead atoms. The van der Waals surface area contributed by atoms with E-state index < -0.39 is 12.1 Å². The number of terminal acetylenes is 1. The van der Waals surface area contributed by atoms with Gasteiger partial charge in [-0.1, -0.05) is 18.1 Å². The lowest BCUT2D eigenvalue weighted by atomic mass is 10.2. The molecule has 1 aromatic carbocycles. The van der Waals surface area contributed by atoms with Gasteiger partial charge in [-0.05, 0) is 35.0 Å². The van der Waals surface area contributed by atoms with Gasteiger partial charge in [0, 0.05) is 11.6 Å². The Balaban J connectivity index is 2.94. The molecule has 21 heavy (non-hydrogen) atoms. The van der Waals surface area contributed by atoms with Crippen molar-refractivity contribution < 1.29 is 19.4 Å². The number of rotatable bonds is 6. The Morgan fingerprint density at radius 2 is 2.29 bits per heavy atom. The molecule has 2 N–H and O–H groups in total. The molecule has 5 nitrogen and oxygen atoms in total. The van der Waals surface area contributed by atoms with Crippen LogP contribution in [0.15, 0.2) is 28.7 Å². The van der Waals surface area contributed by atoms with Gasteiger partial charge in [0.1, 0.15) is 5.75 Å². The number of carboxylic acids is 1. The van der Waals surface area contributed by atoms with Gasteiger partial charge in [-0.15, -0.1) is 6.42 Å². The van der Waals surface area contributed by atoms with Crippen molar-refractivity contribution in [3.8, 4) is 18.1 Å². The number of benzene rings is 1. The molecule has 0 aliphatic rings. The van der Waals surface area contributed by atoms with E-state index >= 15 is 0 Å². The topological polar surface area (TPSA) is 75.6 Å². The highest BCUT2D eigenvalue weighted by Crippen LogP contribution is 2.31. The van der Waals surface area contributed by atoms with E-state index in [1.807, 2.05) is 0 Å². The fraction of sp³-hybridized carbons (Fsp3) is 0.200. The second-order valence-corrected chi connectivity index (χ2v) is 4.87. The molecule has 0 aliphatic carbocycles. The van der Waals surface area contributed by atoms with Crippen LogP contribution in [0.25, 0.3) is 6.08 Å². The van der Waals surface area contributed by atoms with Gasteiger partial charge in [0.2, 0.25) is 0 Å². The number of amides is 1. The molecule has 0 saturated carbocycles. The van der Waals surface area contributed by atoms with Crippen molar-refractivity contribution in [1.29, 1.82) is 0 Å². The zero-order chi connectivity index (χ0) is 15.8. The summed E-state index contributed by atoms with van der Waals surface area (Å²) in [6, 6.07) is 5.16. The first-order valence-electron chi connectivity index (χ1n) is 6.03. The van der Waals surface area contributed by atoms with Crippen LogP contribution in [0, 0.1) is 12.3 Å². The van der Waals surface area contributed by atoms with Gasteiger partial charge < -0.3 is 15.2 Å². The largest absolute Gasteiger partial charge is 0.479 e. The Morgan fingerprint density at radius 1 is 1.57 bits per heavy atom. The number of para-hydroxylation sites is 1. The van der Waals surface area contributed by atoms with Crippen LogP contribution >= 0.6 is 15.9 Å². The molecule has 0 aromatic heterocycles. The van der Waals surface area contributed by atoms with E-state index in [9.17, 15) is 9.59 Å². The van der Waals surface area contributed by atoms with Crippen molar-refractivity contribution in [2.75, 3.05) is 6.54 Å². The van der Waals surface area contributed by atoms with Crippen molar-refractivity contribution in [3.05, 3.63) is 34.3 Å². The number of carbonyl (C=O) groups is 2. The Morgan fingerprint density at radius 3 is 2.90 bits per heavy atom. The maximum absolute atomic E-state index is 11.7. The van der Waals surface area contributed by atoms with Gasteiger partial charge in [-0.25, -0.2) is 4.79 Å². The van der Waals surface area contributed by atoms with Crippen LogP contribution in [0.3, 0.4) is 0 Å². The van der Waals surface area contributed by atoms with Crippen LogP contribution in [-0.2, 0) is 9.59 Å². The first kappa shape index (κ1) is 16.8. The third-order valence-corrected chi connectivity index (χ3v) is 3.06. The van der Waals surface area contributed by atoms with Crippen LogP contribution in [0.2, 0.25) is 0 Å². The Labute approximate surface area is 131 Å². The second-order valence-electron chi connectivity index (χ2n) is 4.01. The Hall–Kier alpha value is -2.26. The van der Waals surface area contributed by atoms with Crippen molar-refractivity contribution in [3.63, 3.8) is 0 Å². The average molecular weight is 352 g/mol. The number of carboxylic acid groups (broad SMARTS) is 1. The Kier molecular flexibility index (Phi) is 6.50. The van der Waals surface area contributed by atoms with Crippen molar-refractivity contribution in [2.45, 2.75) is 13.0 Å². The minimum atomic E-state index is -1.07. The average Bonchev–Trinajstić information content (AvgIpc) is 2.45. The van der Waals surface area contributed by atoms with Crippen molar-refractivity contribution in [1.82, 2.24) is 5.32 Å². The van der Waals surface area contributed by atoms with Gasteiger partial charge in [0.15, 0.2) is 6.10 Å². The van der Waals surface area contributed by atoms with Gasteiger partial charge >= 0.3 is 5.97 Å². The number of hydrogen-bond donors (Lipinski definition) is 2. The van der Waals surface area contributed by atoms with E-state index in [0.29, 0.717) is 15.8 Å². The molecule has 0 heterocycles. The molecular formula is C15H14BrNO4. The van der Waals surface area contributed by atoms with Crippen LogP contribution in [0.4, 0.5) is 0 Å². The summed E-state index contributed by atoms with van der Waals surface area (Å²) in [4.78, 5) is 22.3. The smallest absolute Gasteiger partial charge is 0.328 e. The molecule has 1 atom stereocenters. The first-order valence-corrected chi connectivity index (χ1v) is 6.82. The van der Waals surface area contributed by atoms with Gasteiger partial charge in [0.25, 0.3) is 5.91 Å². The zero-order valence-electron chi connectivity index (χ0n) is 11.3. The predicted molar refractivity (Wildman–Crippen MR) is 82.7 cm³/mol. The van der Waals surface area contributed by atoms with Crippen molar-refractivity contribution in [2.24, 2.45) is 0 Å². The van der Waals surface area contributed by atoms with E-state index in [4.69, 9.17) is 16.3 Å². The van der Waals surface area contributed by atoms with Crippen LogP contribution < -0.4 is 10.1 Å². The lowest BCUT2D eigenvalue weighted by Gasteiger charge is -2.17. The highest BCUT2D eigenvalue weighted by Gasteiger charge is 2.17. The summed E-state index contributed by atoms with van der Waals surface area (Å²) in [7, 11) is 0. The maximum Gasteiger partial charge on any atom is 0.328 e. The standard InChI is InChI=1S/C15H14BrNO4/c1-3-9-17-15(20)10(2)21-14-11(7-8-13(18)19)5-4-6-12(14)16/h1,4-8,10H,9H2,2H3,(H,17,20)(H,18,19). The first-order chi connectivity index (χ1) is 9.95. The summed E-state index contributed by atoms with van der Waals surface area (Å²) in [5.41, 5.74) is 0.545.